The molecule has 0 atom stereocenters. The minimum absolute atomic E-state index is 0.142. The Morgan fingerprint density at radius 2 is 2.04 bits per heavy atom. The lowest BCUT2D eigenvalue weighted by Gasteiger charge is -2.19. The number of sulfonamides is 1. The number of unbranched alkanes of at least 4 members (excludes halogenated alkanes) is 1. The molecule has 0 saturated heterocycles. The Hall–Kier alpha value is -1.11. The number of rotatable bonds is 10. The van der Waals surface area contributed by atoms with Crippen LogP contribution in [0.3, 0.4) is 0 Å². The number of halogens is 1. The molecule has 0 aliphatic heterocycles. The number of carbonyl (C=O) groups is 1. The van der Waals surface area contributed by atoms with Crippen molar-refractivity contribution < 1.29 is 13.2 Å². The van der Waals surface area contributed by atoms with Gasteiger partial charge in [-0.25, -0.2) is 12.7 Å². The smallest absolute Gasteiger partial charge is 0.221 e. The lowest BCUT2D eigenvalue weighted by atomic mass is 10.1. The Labute approximate surface area is 144 Å². The molecule has 0 fully saturated rings. The molecule has 1 rings (SSSR count). The van der Waals surface area contributed by atoms with Crippen LogP contribution in [0.1, 0.15) is 31.7 Å². The van der Waals surface area contributed by atoms with Gasteiger partial charge in [0.15, 0.2) is 0 Å². The van der Waals surface area contributed by atoms with Crippen LogP contribution in [0.25, 0.3) is 0 Å². The lowest BCUT2D eigenvalue weighted by Crippen LogP contribution is -2.35. The predicted octanol–water partition coefficient (Wildman–Crippen LogP) is 2.45. The van der Waals surface area contributed by atoms with Gasteiger partial charge in [-0.1, -0.05) is 37.1 Å². The molecule has 0 saturated carbocycles. The van der Waals surface area contributed by atoms with E-state index in [1.807, 2.05) is 25.1 Å². The van der Waals surface area contributed by atoms with E-state index in [4.69, 9.17) is 11.6 Å². The molecule has 0 unspecified atom stereocenters. The van der Waals surface area contributed by atoms with Crippen molar-refractivity contribution >= 4 is 27.5 Å². The zero-order valence-corrected chi connectivity index (χ0v) is 15.3. The van der Waals surface area contributed by atoms with Crippen molar-refractivity contribution in [2.24, 2.45) is 0 Å². The first-order valence-corrected chi connectivity index (χ1v) is 10.0. The van der Waals surface area contributed by atoms with E-state index in [-0.39, 0.29) is 18.9 Å². The Bertz CT molecular complexity index is 605. The van der Waals surface area contributed by atoms with Crippen molar-refractivity contribution in [1.29, 1.82) is 0 Å². The molecule has 130 valence electrons. The van der Waals surface area contributed by atoms with Gasteiger partial charge in [-0.05, 0) is 30.5 Å². The first-order valence-electron chi connectivity index (χ1n) is 7.79. The van der Waals surface area contributed by atoms with Gasteiger partial charge in [0.05, 0.1) is 6.26 Å². The van der Waals surface area contributed by atoms with Crippen molar-refractivity contribution in [2.45, 2.75) is 32.6 Å². The number of hydrogen-bond donors (Lipinski definition) is 1. The maximum absolute atomic E-state index is 11.8. The first-order chi connectivity index (χ1) is 10.8. The summed E-state index contributed by atoms with van der Waals surface area (Å²) >= 11 is 5.91. The van der Waals surface area contributed by atoms with E-state index in [1.54, 1.807) is 6.07 Å². The third-order valence-electron chi connectivity index (χ3n) is 3.44. The van der Waals surface area contributed by atoms with E-state index in [2.05, 4.69) is 5.32 Å². The Morgan fingerprint density at radius 1 is 1.30 bits per heavy atom. The van der Waals surface area contributed by atoms with Crippen molar-refractivity contribution in [3.8, 4) is 0 Å². The van der Waals surface area contributed by atoms with Crippen LogP contribution in [-0.4, -0.2) is 44.5 Å². The molecule has 1 N–H and O–H groups in total. The second-order valence-corrected chi connectivity index (χ2v) is 7.91. The van der Waals surface area contributed by atoms with E-state index >= 15 is 0 Å². The van der Waals surface area contributed by atoms with E-state index in [0.717, 1.165) is 18.4 Å². The fourth-order valence-corrected chi connectivity index (χ4v) is 3.23. The lowest BCUT2D eigenvalue weighted by molar-refractivity contribution is -0.121. The van der Waals surface area contributed by atoms with Gasteiger partial charge >= 0.3 is 0 Å². The maximum atomic E-state index is 11.8. The Morgan fingerprint density at radius 3 is 2.65 bits per heavy atom. The molecule has 0 spiro atoms. The SMILES string of the molecule is CCCCN(CCC(=O)NCCc1cccc(Cl)c1)S(C)(=O)=O. The number of nitrogens with zero attached hydrogens (tertiary/aromatic N) is 1. The van der Waals surface area contributed by atoms with Crippen LogP contribution < -0.4 is 5.32 Å². The zero-order valence-electron chi connectivity index (χ0n) is 13.7. The van der Waals surface area contributed by atoms with Gasteiger partial charge in [-0.3, -0.25) is 4.79 Å². The quantitative estimate of drug-likeness (QED) is 0.697. The van der Waals surface area contributed by atoms with E-state index in [1.165, 1.54) is 10.6 Å². The highest BCUT2D eigenvalue weighted by Crippen LogP contribution is 2.10. The van der Waals surface area contributed by atoms with Crippen LogP contribution in [0.4, 0.5) is 0 Å². The Kier molecular flexibility index (Phi) is 8.58. The summed E-state index contributed by atoms with van der Waals surface area (Å²) in [6.07, 6.45) is 3.76. The molecule has 0 radical (unpaired) electrons. The average Bonchev–Trinajstić information content (AvgIpc) is 2.46. The van der Waals surface area contributed by atoms with Gasteiger partial charge in [-0.15, -0.1) is 0 Å². The van der Waals surface area contributed by atoms with Crippen LogP contribution in [0.5, 0.6) is 0 Å². The molecule has 7 heteroatoms. The third-order valence-corrected chi connectivity index (χ3v) is 4.98. The minimum Gasteiger partial charge on any atom is -0.356 e. The molecule has 1 aromatic carbocycles. The molecule has 0 aromatic heterocycles. The molecular weight excluding hydrogens is 336 g/mol. The molecule has 1 amide bonds. The Balaban J connectivity index is 2.35. The molecule has 1 aromatic rings. The summed E-state index contributed by atoms with van der Waals surface area (Å²) in [5, 5.41) is 3.48. The predicted molar refractivity (Wildman–Crippen MR) is 94.1 cm³/mol. The van der Waals surface area contributed by atoms with Crippen molar-refractivity contribution in [1.82, 2.24) is 9.62 Å². The summed E-state index contributed by atoms with van der Waals surface area (Å²) in [5.41, 5.74) is 1.05. The van der Waals surface area contributed by atoms with Crippen LogP contribution in [-0.2, 0) is 21.2 Å². The topological polar surface area (TPSA) is 66.5 Å². The van der Waals surface area contributed by atoms with Gasteiger partial charge in [0.25, 0.3) is 0 Å². The van der Waals surface area contributed by atoms with Gasteiger partial charge in [0.2, 0.25) is 15.9 Å². The van der Waals surface area contributed by atoms with E-state index in [9.17, 15) is 13.2 Å². The second-order valence-electron chi connectivity index (χ2n) is 5.50. The van der Waals surface area contributed by atoms with Crippen LogP contribution in [0.2, 0.25) is 5.02 Å². The third kappa shape index (κ3) is 8.34. The van der Waals surface area contributed by atoms with Crippen molar-refractivity contribution in [3.05, 3.63) is 34.9 Å². The molecule has 5 nitrogen and oxygen atoms in total. The first kappa shape index (κ1) is 19.9. The summed E-state index contributed by atoms with van der Waals surface area (Å²) < 4.78 is 24.7. The van der Waals surface area contributed by atoms with Crippen LogP contribution in [0, 0.1) is 0 Å². The van der Waals surface area contributed by atoms with Crippen molar-refractivity contribution in [2.75, 3.05) is 25.9 Å². The van der Waals surface area contributed by atoms with Gasteiger partial charge in [0, 0.05) is 31.1 Å². The standard InChI is InChI=1S/C16H25ClN2O3S/c1-3-4-11-19(23(2,21)22)12-9-16(20)18-10-8-14-6-5-7-15(17)13-14/h5-7,13H,3-4,8-12H2,1-2H3,(H,18,20). The second kappa shape index (κ2) is 9.90. The summed E-state index contributed by atoms with van der Waals surface area (Å²) in [6.45, 7) is 3.20. The maximum Gasteiger partial charge on any atom is 0.221 e. The van der Waals surface area contributed by atoms with Gasteiger partial charge in [0.1, 0.15) is 0 Å². The summed E-state index contributed by atoms with van der Waals surface area (Å²) in [5.74, 6) is -0.142. The zero-order chi connectivity index (χ0) is 17.3. The van der Waals surface area contributed by atoms with Gasteiger partial charge < -0.3 is 5.32 Å². The number of hydrogen-bond acceptors (Lipinski definition) is 3. The molecule has 0 heterocycles. The van der Waals surface area contributed by atoms with Gasteiger partial charge in [-0.2, -0.15) is 0 Å². The molecule has 0 bridgehead atoms. The normalized spacial score (nSPS) is 11.7. The van der Waals surface area contributed by atoms with E-state index < -0.39 is 10.0 Å². The number of benzene rings is 1. The molecular formula is C16H25ClN2O3S. The highest BCUT2D eigenvalue weighted by molar-refractivity contribution is 7.88. The molecule has 0 aliphatic rings. The van der Waals surface area contributed by atoms with Crippen molar-refractivity contribution in [3.63, 3.8) is 0 Å². The summed E-state index contributed by atoms with van der Waals surface area (Å²) in [7, 11) is -3.26. The number of carbonyl (C=O) groups excluding carboxylic acids is 1. The minimum atomic E-state index is -3.26. The molecule has 0 aliphatic carbocycles. The highest BCUT2D eigenvalue weighted by atomic mass is 35.5. The number of amides is 1. The largest absolute Gasteiger partial charge is 0.356 e. The monoisotopic (exact) mass is 360 g/mol. The summed E-state index contributed by atoms with van der Waals surface area (Å²) in [6, 6.07) is 7.49. The molecule has 23 heavy (non-hydrogen) atoms. The fourth-order valence-electron chi connectivity index (χ4n) is 2.13. The fraction of sp³-hybridized carbons (Fsp3) is 0.562. The van der Waals surface area contributed by atoms with Crippen LogP contribution >= 0.6 is 11.6 Å². The van der Waals surface area contributed by atoms with E-state index in [0.29, 0.717) is 24.5 Å². The van der Waals surface area contributed by atoms with Crippen LogP contribution in [0.15, 0.2) is 24.3 Å². The highest BCUT2D eigenvalue weighted by Gasteiger charge is 2.16. The summed E-state index contributed by atoms with van der Waals surface area (Å²) in [4.78, 5) is 11.8. The number of nitrogens with one attached hydrogen (secondary N) is 1. The average molecular weight is 361 g/mol.